The molecule has 6 nitrogen and oxygen atoms in total. The molecule has 1 aliphatic carbocycles. The normalized spacial score (nSPS) is 23.6. The van der Waals surface area contributed by atoms with Gasteiger partial charge in [-0.2, -0.15) is 0 Å². The monoisotopic (exact) mass is 374 g/mol. The van der Waals surface area contributed by atoms with Gasteiger partial charge in [0, 0.05) is 38.5 Å². The topological polar surface area (TPSA) is 67.1 Å². The van der Waals surface area contributed by atoms with E-state index in [1.165, 1.54) is 57.2 Å². The van der Waals surface area contributed by atoms with E-state index in [4.69, 9.17) is 4.99 Å². The van der Waals surface area contributed by atoms with Crippen molar-refractivity contribution < 1.29 is 0 Å². The molecule has 0 atom stereocenters. The molecule has 2 N–H and O–H groups in total. The van der Waals surface area contributed by atoms with Crippen LogP contribution in [0.15, 0.2) is 4.99 Å². The first kappa shape index (κ1) is 20.2. The van der Waals surface area contributed by atoms with Crippen LogP contribution in [0.4, 0.5) is 0 Å². The molecule has 27 heavy (non-hydrogen) atoms. The van der Waals surface area contributed by atoms with Gasteiger partial charge in [-0.1, -0.05) is 19.8 Å². The number of fused-ring (bicyclic) bond motifs is 1. The van der Waals surface area contributed by atoms with E-state index < -0.39 is 0 Å². The van der Waals surface area contributed by atoms with Crippen LogP contribution >= 0.6 is 0 Å². The lowest BCUT2D eigenvalue weighted by Gasteiger charge is -2.29. The SMILES string of the molecule is CCNC(=NCCCc1nnc2n1CCCCC2)NC1CCC(CC)CC1. The third kappa shape index (κ3) is 5.94. The number of rotatable bonds is 7. The summed E-state index contributed by atoms with van der Waals surface area (Å²) in [7, 11) is 0. The summed E-state index contributed by atoms with van der Waals surface area (Å²) in [6.07, 6.45) is 13.5. The van der Waals surface area contributed by atoms with Crippen molar-refractivity contribution in [3.05, 3.63) is 11.6 Å². The van der Waals surface area contributed by atoms with Crippen LogP contribution in [-0.4, -0.2) is 39.9 Å². The molecule has 6 heteroatoms. The standard InChI is InChI=1S/C21H38N6/c1-3-17-11-13-18(14-12-17)24-21(22-4-2)23-15-8-10-20-26-25-19-9-6-5-7-16-27(19)20/h17-18H,3-16H2,1-2H3,(H2,22,23,24). The van der Waals surface area contributed by atoms with Crippen LogP contribution in [0.5, 0.6) is 0 Å². The molecular formula is C21H38N6. The largest absolute Gasteiger partial charge is 0.357 e. The van der Waals surface area contributed by atoms with Gasteiger partial charge in [0.15, 0.2) is 5.96 Å². The summed E-state index contributed by atoms with van der Waals surface area (Å²) in [5.74, 6) is 4.25. The maximum atomic E-state index is 4.81. The predicted octanol–water partition coefficient (Wildman–Crippen LogP) is 3.46. The molecule has 0 amide bonds. The average Bonchev–Trinajstić information content (AvgIpc) is 2.92. The van der Waals surface area contributed by atoms with E-state index in [1.54, 1.807) is 0 Å². The molecule has 0 radical (unpaired) electrons. The highest BCUT2D eigenvalue weighted by Crippen LogP contribution is 2.26. The quantitative estimate of drug-likeness (QED) is 0.436. The minimum atomic E-state index is 0.581. The van der Waals surface area contributed by atoms with Gasteiger partial charge in [-0.3, -0.25) is 4.99 Å². The summed E-state index contributed by atoms with van der Waals surface area (Å²) in [6.45, 7) is 7.29. The van der Waals surface area contributed by atoms with Crippen molar-refractivity contribution in [2.45, 2.75) is 97.1 Å². The number of aromatic nitrogens is 3. The molecular weight excluding hydrogens is 336 g/mol. The molecule has 1 fully saturated rings. The van der Waals surface area contributed by atoms with Gasteiger partial charge in [0.1, 0.15) is 11.6 Å². The van der Waals surface area contributed by atoms with Crippen molar-refractivity contribution in [3.8, 4) is 0 Å². The van der Waals surface area contributed by atoms with Crippen LogP contribution < -0.4 is 10.6 Å². The molecule has 0 spiro atoms. The van der Waals surface area contributed by atoms with Crippen molar-refractivity contribution in [1.82, 2.24) is 25.4 Å². The summed E-state index contributed by atoms with van der Waals surface area (Å²) in [5.41, 5.74) is 0. The number of nitrogens with zero attached hydrogens (tertiary/aromatic N) is 4. The molecule has 1 saturated carbocycles. The summed E-state index contributed by atoms with van der Waals surface area (Å²) in [4.78, 5) is 4.81. The van der Waals surface area contributed by atoms with Crippen molar-refractivity contribution in [1.29, 1.82) is 0 Å². The lowest BCUT2D eigenvalue weighted by Crippen LogP contribution is -2.44. The molecule has 2 aliphatic rings. The van der Waals surface area contributed by atoms with Crippen LogP contribution in [0.3, 0.4) is 0 Å². The second-order valence-corrected chi connectivity index (χ2v) is 8.13. The Labute approximate surface area is 164 Å². The van der Waals surface area contributed by atoms with Gasteiger partial charge < -0.3 is 15.2 Å². The van der Waals surface area contributed by atoms with Crippen LogP contribution in [0.25, 0.3) is 0 Å². The first-order valence-electron chi connectivity index (χ1n) is 11.3. The number of aryl methyl sites for hydroxylation is 2. The zero-order chi connectivity index (χ0) is 18.9. The van der Waals surface area contributed by atoms with Gasteiger partial charge in [-0.25, -0.2) is 0 Å². The third-order valence-corrected chi connectivity index (χ3v) is 6.12. The Bertz CT molecular complexity index is 585. The minimum Gasteiger partial charge on any atom is -0.357 e. The van der Waals surface area contributed by atoms with Gasteiger partial charge in [0.25, 0.3) is 0 Å². The molecule has 0 bridgehead atoms. The molecule has 1 aromatic rings. The fraction of sp³-hybridized carbons (Fsp3) is 0.857. The van der Waals surface area contributed by atoms with Crippen molar-refractivity contribution in [3.63, 3.8) is 0 Å². The second-order valence-electron chi connectivity index (χ2n) is 8.13. The Morgan fingerprint density at radius 3 is 2.74 bits per heavy atom. The van der Waals surface area contributed by atoms with E-state index in [1.807, 2.05) is 0 Å². The van der Waals surface area contributed by atoms with Gasteiger partial charge in [0.05, 0.1) is 0 Å². The van der Waals surface area contributed by atoms with Crippen LogP contribution in [-0.2, 0) is 19.4 Å². The van der Waals surface area contributed by atoms with E-state index in [0.29, 0.717) is 6.04 Å². The first-order valence-corrected chi connectivity index (χ1v) is 11.3. The maximum absolute atomic E-state index is 4.81. The Hall–Kier alpha value is -1.59. The third-order valence-electron chi connectivity index (χ3n) is 6.12. The zero-order valence-electron chi connectivity index (χ0n) is 17.3. The Kier molecular flexibility index (Phi) is 7.96. The van der Waals surface area contributed by atoms with E-state index >= 15 is 0 Å². The number of hydrogen-bond donors (Lipinski definition) is 2. The lowest BCUT2D eigenvalue weighted by atomic mass is 9.84. The highest BCUT2D eigenvalue weighted by molar-refractivity contribution is 5.80. The van der Waals surface area contributed by atoms with Gasteiger partial charge in [-0.05, 0) is 57.8 Å². The molecule has 0 aromatic carbocycles. The lowest BCUT2D eigenvalue weighted by molar-refractivity contribution is 0.304. The van der Waals surface area contributed by atoms with Crippen LogP contribution in [0.1, 0.15) is 83.3 Å². The fourth-order valence-corrected chi connectivity index (χ4v) is 4.39. The molecule has 2 heterocycles. The molecule has 1 aliphatic heterocycles. The van der Waals surface area contributed by atoms with Crippen LogP contribution in [0, 0.1) is 5.92 Å². The Balaban J connectivity index is 1.46. The van der Waals surface area contributed by atoms with Crippen molar-refractivity contribution in [2.24, 2.45) is 10.9 Å². The molecule has 3 rings (SSSR count). The Morgan fingerprint density at radius 2 is 1.96 bits per heavy atom. The summed E-state index contributed by atoms with van der Waals surface area (Å²) >= 11 is 0. The van der Waals surface area contributed by atoms with Gasteiger partial charge in [-0.15, -0.1) is 10.2 Å². The molecule has 1 aromatic heterocycles. The second kappa shape index (κ2) is 10.7. The minimum absolute atomic E-state index is 0.581. The van der Waals surface area contributed by atoms with Crippen molar-refractivity contribution in [2.75, 3.05) is 13.1 Å². The zero-order valence-corrected chi connectivity index (χ0v) is 17.3. The highest BCUT2D eigenvalue weighted by atomic mass is 15.3. The average molecular weight is 375 g/mol. The van der Waals surface area contributed by atoms with Gasteiger partial charge >= 0.3 is 0 Å². The Morgan fingerprint density at radius 1 is 1.11 bits per heavy atom. The van der Waals surface area contributed by atoms with E-state index in [-0.39, 0.29) is 0 Å². The highest BCUT2D eigenvalue weighted by Gasteiger charge is 2.20. The number of hydrogen-bond acceptors (Lipinski definition) is 3. The maximum Gasteiger partial charge on any atom is 0.191 e. The summed E-state index contributed by atoms with van der Waals surface area (Å²) < 4.78 is 2.35. The van der Waals surface area contributed by atoms with Crippen LogP contribution in [0.2, 0.25) is 0 Å². The molecule has 152 valence electrons. The fourth-order valence-electron chi connectivity index (χ4n) is 4.39. The summed E-state index contributed by atoms with van der Waals surface area (Å²) in [6, 6.07) is 0.581. The van der Waals surface area contributed by atoms with E-state index in [0.717, 1.165) is 56.6 Å². The number of nitrogens with one attached hydrogen (secondary N) is 2. The smallest absolute Gasteiger partial charge is 0.191 e. The van der Waals surface area contributed by atoms with Gasteiger partial charge in [0.2, 0.25) is 0 Å². The van der Waals surface area contributed by atoms with Crippen molar-refractivity contribution >= 4 is 5.96 Å². The predicted molar refractivity (Wildman–Crippen MR) is 111 cm³/mol. The first-order chi connectivity index (χ1) is 13.3. The van der Waals surface area contributed by atoms with E-state index in [2.05, 4.69) is 39.2 Å². The number of guanidine groups is 1. The number of aliphatic imine (C=N–C) groups is 1. The van der Waals surface area contributed by atoms with E-state index in [9.17, 15) is 0 Å². The summed E-state index contributed by atoms with van der Waals surface area (Å²) in [5, 5.41) is 15.9. The molecule has 0 saturated heterocycles. The molecule has 0 unspecified atom stereocenters.